The molecule has 2 aromatic carbocycles. The Hall–Kier alpha value is -1.00. The molecule has 0 unspecified atom stereocenters. The van der Waals surface area contributed by atoms with Gasteiger partial charge in [0.25, 0.3) is 0 Å². The van der Waals surface area contributed by atoms with Crippen molar-refractivity contribution in [2.24, 2.45) is 0 Å². The Morgan fingerprint density at radius 3 is 2.22 bits per heavy atom. The van der Waals surface area contributed by atoms with Crippen LogP contribution in [0.2, 0.25) is 0 Å². The Bertz CT molecular complexity index is 571. The van der Waals surface area contributed by atoms with Crippen molar-refractivity contribution in [1.82, 2.24) is 0 Å². The summed E-state index contributed by atoms with van der Waals surface area (Å²) in [4.78, 5) is 0. The second-order valence-corrected chi connectivity index (χ2v) is 5.99. The number of hydrogen-bond acceptors (Lipinski definition) is 2. The maximum Gasteiger partial charge on any atom is 0.0629 e. The maximum atomic E-state index is 5.95. The van der Waals surface area contributed by atoms with Crippen LogP contribution in [0.25, 0.3) is 0 Å². The highest BCUT2D eigenvalue weighted by atomic mass is 79.9. The van der Waals surface area contributed by atoms with Crippen LogP contribution in [-0.4, -0.2) is 0 Å². The summed E-state index contributed by atoms with van der Waals surface area (Å²) in [5, 5.41) is 3.35. The fourth-order valence-corrected chi connectivity index (χ4v) is 2.40. The van der Waals surface area contributed by atoms with Crippen molar-refractivity contribution >= 4 is 48.9 Å². The molecule has 0 aliphatic rings. The summed E-state index contributed by atoms with van der Waals surface area (Å²) in [5.41, 5.74) is 11.0. The largest absolute Gasteiger partial charge is 0.397 e. The molecule has 94 valence electrons. The van der Waals surface area contributed by atoms with Crippen LogP contribution in [0.5, 0.6) is 0 Å². The molecule has 0 fully saturated rings. The minimum absolute atomic E-state index is 0.733. The number of anilines is 3. The van der Waals surface area contributed by atoms with Gasteiger partial charge in [-0.3, -0.25) is 0 Å². The molecule has 2 nitrogen and oxygen atoms in total. The van der Waals surface area contributed by atoms with Gasteiger partial charge < -0.3 is 11.1 Å². The summed E-state index contributed by atoms with van der Waals surface area (Å²) < 4.78 is 2.15. The van der Waals surface area contributed by atoms with Gasteiger partial charge in [-0.15, -0.1) is 0 Å². The number of nitrogen functional groups attached to an aromatic ring is 1. The molecule has 0 heterocycles. The van der Waals surface area contributed by atoms with Crippen LogP contribution < -0.4 is 11.1 Å². The van der Waals surface area contributed by atoms with Crippen molar-refractivity contribution in [2.75, 3.05) is 11.1 Å². The van der Waals surface area contributed by atoms with Crippen LogP contribution in [0.4, 0.5) is 17.1 Å². The van der Waals surface area contributed by atoms with E-state index in [1.807, 2.05) is 18.2 Å². The molecule has 18 heavy (non-hydrogen) atoms. The molecular weight excluding hydrogens is 356 g/mol. The van der Waals surface area contributed by atoms with Crippen LogP contribution in [0.3, 0.4) is 0 Å². The summed E-state index contributed by atoms with van der Waals surface area (Å²) in [6.07, 6.45) is 0. The van der Waals surface area contributed by atoms with Crippen molar-refractivity contribution in [3.05, 3.63) is 50.4 Å². The third-order valence-electron chi connectivity index (χ3n) is 2.73. The highest BCUT2D eigenvalue weighted by Gasteiger charge is 2.05. The Balaban J connectivity index is 2.37. The average Bonchev–Trinajstić information content (AvgIpc) is 2.31. The summed E-state index contributed by atoms with van der Waals surface area (Å²) in [5.74, 6) is 0. The highest BCUT2D eigenvalue weighted by Crippen LogP contribution is 2.30. The topological polar surface area (TPSA) is 38.0 Å². The van der Waals surface area contributed by atoms with E-state index < -0.39 is 0 Å². The summed E-state index contributed by atoms with van der Waals surface area (Å²) in [6.45, 7) is 4.15. The first-order valence-electron chi connectivity index (χ1n) is 5.56. The highest BCUT2D eigenvalue weighted by molar-refractivity contribution is 9.10. The first-order valence-corrected chi connectivity index (χ1v) is 7.15. The quantitative estimate of drug-likeness (QED) is 0.718. The number of aryl methyl sites for hydroxylation is 2. The first-order chi connectivity index (χ1) is 8.47. The van der Waals surface area contributed by atoms with Crippen LogP contribution in [0.1, 0.15) is 11.1 Å². The van der Waals surface area contributed by atoms with Gasteiger partial charge in [-0.2, -0.15) is 0 Å². The number of nitrogens with one attached hydrogen (secondary N) is 1. The Labute approximate surface area is 124 Å². The third kappa shape index (κ3) is 2.87. The monoisotopic (exact) mass is 368 g/mol. The lowest BCUT2D eigenvalue weighted by molar-refractivity contribution is 1.33. The standard InChI is InChI=1S/C14H14Br2N2/c1-8-5-11(6-9(2)14(8)16)18-13-7-10(15)3-4-12(13)17/h3-7,18H,17H2,1-2H3. The second kappa shape index (κ2) is 5.33. The van der Waals surface area contributed by atoms with Gasteiger partial charge in [-0.1, -0.05) is 31.9 Å². The van der Waals surface area contributed by atoms with E-state index in [9.17, 15) is 0 Å². The number of nitrogens with two attached hydrogens (primary N) is 1. The Morgan fingerprint density at radius 2 is 1.61 bits per heavy atom. The van der Waals surface area contributed by atoms with Crippen LogP contribution in [0, 0.1) is 13.8 Å². The lowest BCUT2D eigenvalue weighted by Crippen LogP contribution is -1.97. The Kier molecular flexibility index (Phi) is 3.97. The number of halogens is 2. The molecule has 0 spiro atoms. The molecule has 0 amide bonds. The molecule has 0 atom stereocenters. The van der Waals surface area contributed by atoms with Crippen LogP contribution >= 0.6 is 31.9 Å². The van der Waals surface area contributed by atoms with Gasteiger partial charge in [0.15, 0.2) is 0 Å². The molecule has 2 rings (SSSR count). The SMILES string of the molecule is Cc1cc(Nc2cc(Br)ccc2N)cc(C)c1Br. The minimum Gasteiger partial charge on any atom is -0.397 e. The van der Waals surface area contributed by atoms with Gasteiger partial charge in [0.2, 0.25) is 0 Å². The second-order valence-electron chi connectivity index (χ2n) is 4.28. The average molecular weight is 370 g/mol. The molecule has 0 saturated heterocycles. The predicted molar refractivity (Wildman–Crippen MR) is 85.5 cm³/mol. The van der Waals surface area contributed by atoms with E-state index in [1.54, 1.807) is 0 Å². The van der Waals surface area contributed by atoms with Gasteiger partial charge >= 0.3 is 0 Å². The molecule has 0 aliphatic heterocycles. The molecule has 2 aromatic rings. The molecule has 4 heteroatoms. The first kappa shape index (κ1) is 13.4. The molecule has 3 N–H and O–H groups in total. The van der Waals surface area contributed by atoms with Gasteiger partial charge in [0.1, 0.15) is 0 Å². The van der Waals surface area contributed by atoms with Gasteiger partial charge in [-0.05, 0) is 55.3 Å². The fourth-order valence-electron chi connectivity index (χ4n) is 1.81. The molecule has 0 aromatic heterocycles. The van der Waals surface area contributed by atoms with Gasteiger partial charge in [0, 0.05) is 14.6 Å². The zero-order chi connectivity index (χ0) is 13.3. The molecule has 0 bridgehead atoms. The third-order valence-corrected chi connectivity index (χ3v) is 4.47. The minimum atomic E-state index is 0.733. The van der Waals surface area contributed by atoms with Crippen LogP contribution in [0.15, 0.2) is 39.3 Å². The van der Waals surface area contributed by atoms with Crippen molar-refractivity contribution < 1.29 is 0 Å². The van der Waals surface area contributed by atoms with Crippen molar-refractivity contribution in [2.45, 2.75) is 13.8 Å². The normalized spacial score (nSPS) is 10.4. The van der Waals surface area contributed by atoms with E-state index in [4.69, 9.17) is 5.73 Å². The number of rotatable bonds is 2. The fraction of sp³-hybridized carbons (Fsp3) is 0.143. The molecule has 0 aliphatic carbocycles. The summed E-state index contributed by atoms with van der Waals surface area (Å²) in [6, 6.07) is 9.97. The molecule has 0 radical (unpaired) electrons. The number of hydrogen-bond donors (Lipinski definition) is 2. The van der Waals surface area contributed by atoms with Crippen LogP contribution in [-0.2, 0) is 0 Å². The zero-order valence-corrected chi connectivity index (χ0v) is 13.4. The molecule has 0 saturated carbocycles. The van der Waals surface area contributed by atoms with Gasteiger partial charge in [0.05, 0.1) is 11.4 Å². The maximum absolute atomic E-state index is 5.95. The van der Waals surface area contributed by atoms with Crippen molar-refractivity contribution in [3.8, 4) is 0 Å². The van der Waals surface area contributed by atoms with Gasteiger partial charge in [-0.25, -0.2) is 0 Å². The molecular formula is C14H14Br2N2. The smallest absolute Gasteiger partial charge is 0.0629 e. The lowest BCUT2D eigenvalue weighted by atomic mass is 10.1. The van der Waals surface area contributed by atoms with E-state index >= 15 is 0 Å². The summed E-state index contributed by atoms with van der Waals surface area (Å²) in [7, 11) is 0. The number of benzene rings is 2. The lowest BCUT2D eigenvalue weighted by Gasteiger charge is -2.12. The van der Waals surface area contributed by atoms with E-state index in [2.05, 4.69) is 63.2 Å². The van der Waals surface area contributed by atoms with E-state index in [0.29, 0.717) is 0 Å². The predicted octanol–water partition coefficient (Wildman–Crippen LogP) is 5.15. The zero-order valence-electron chi connectivity index (χ0n) is 10.2. The van der Waals surface area contributed by atoms with Crippen molar-refractivity contribution in [3.63, 3.8) is 0 Å². The van der Waals surface area contributed by atoms with E-state index in [-0.39, 0.29) is 0 Å². The van der Waals surface area contributed by atoms with E-state index in [0.717, 1.165) is 26.0 Å². The van der Waals surface area contributed by atoms with Crippen molar-refractivity contribution in [1.29, 1.82) is 0 Å². The summed E-state index contributed by atoms with van der Waals surface area (Å²) >= 11 is 7.01. The Morgan fingerprint density at radius 1 is 1.00 bits per heavy atom. The van der Waals surface area contributed by atoms with E-state index in [1.165, 1.54) is 11.1 Å².